The first-order chi connectivity index (χ1) is 6.29. The van der Waals surface area contributed by atoms with Crippen molar-refractivity contribution in [1.29, 1.82) is 5.26 Å². The molecule has 2 atom stereocenters. The smallest absolute Gasteiger partial charge is 0.0760 e. The van der Waals surface area contributed by atoms with Crippen LogP contribution < -0.4 is 0 Å². The Hall–Kier alpha value is -1.33. The molecule has 0 saturated heterocycles. The summed E-state index contributed by atoms with van der Waals surface area (Å²) in [7, 11) is 0. The standard InChI is InChI=1S/C11H13NO/c1-9(11(7-12)8-13)10-5-3-2-4-6-10/h2-6,9,11,13H,8H2,1H3. The van der Waals surface area contributed by atoms with Gasteiger partial charge in [-0.05, 0) is 11.5 Å². The number of nitrogens with zero attached hydrogens (tertiary/aromatic N) is 1. The second-order valence-corrected chi connectivity index (χ2v) is 3.12. The lowest BCUT2D eigenvalue weighted by Crippen LogP contribution is -2.11. The summed E-state index contributed by atoms with van der Waals surface area (Å²) < 4.78 is 0. The van der Waals surface area contributed by atoms with E-state index in [0.717, 1.165) is 5.56 Å². The third kappa shape index (κ3) is 2.30. The predicted molar refractivity (Wildman–Crippen MR) is 51.0 cm³/mol. The Kier molecular flexibility index (Phi) is 3.48. The molecule has 13 heavy (non-hydrogen) atoms. The maximum absolute atomic E-state index is 8.94. The molecule has 68 valence electrons. The minimum absolute atomic E-state index is 0.0768. The highest BCUT2D eigenvalue weighted by Crippen LogP contribution is 2.22. The molecular weight excluding hydrogens is 162 g/mol. The number of rotatable bonds is 3. The molecule has 1 N–H and O–H groups in total. The maximum atomic E-state index is 8.94. The average molecular weight is 175 g/mol. The van der Waals surface area contributed by atoms with Crippen LogP contribution in [0.15, 0.2) is 30.3 Å². The fourth-order valence-corrected chi connectivity index (χ4v) is 1.30. The van der Waals surface area contributed by atoms with Crippen LogP contribution >= 0.6 is 0 Å². The van der Waals surface area contributed by atoms with Crippen molar-refractivity contribution in [2.75, 3.05) is 6.61 Å². The Balaban J connectivity index is 2.79. The molecule has 1 aromatic carbocycles. The lowest BCUT2D eigenvalue weighted by Gasteiger charge is -2.15. The van der Waals surface area contributed by atoms with Crippen molar-refractivity contribution >= 4 is 0 Å². The molecule has 0 aliphatic carbocycles. The van der Waals surface area contributed by atoms with E-state index in [9.17, 15) is 0 Å². The van der Waals surface area contributed by atoms with Gasteiger partial charge in [-0.1, -0.05) is 37.3 Å². The van der Waals surface area contributed by atoms with E-state index >= 15 is 0 Å². The molecule has 1 aromatic rings. The van der Waals surface area contributed by atoms with Crippen LogP contribution in [0.1, 0.15) is 18.4 Å². The number of aliphatic hydroxyl groups excluding tert-OH is 1. The third-order valence-corrected chi connectivity index (χ3v) is 2.29. The summed E-state index contributed by atoms with van der Waals surface area (Å²) >= 11 is 0. The minimum Gasteiger partial charge on any atom is -0.395 e. The molecule has 1 rings (SSSR count). The minimum atomic E-state index is -0.303. The van der Waals surface area contributed by atoms with E-state index in [4.69, 9.17) is 10.4 Å². The first kappa shape index (κ1) is 9.76. The zero-order valence-electron chi connectivity index (χ0n) is 7.64. The average Bonchev–Trinajstić information content (AvgIpc) is 2.21. The van der Waals surface area contributed by atoms with Gasteiger partial charge in [-0.3, -0.25) is 0 Å². The molecule has 0 bridgehead atoms. The summed E-state index contributed by atoms with van der Waals surface area (Å²) in [6.45, 7) is 1.88. The molecule has 0 radical (unpaired) electrons. The van der Waals surface area contributed by atoms with Crippen molar-refractivity contribution in [3.05, 3.63) is 35.9 Å². The van der Waals surface area contributed by atoms with Crippen LogP contribution in [0.3, 0.4) is 0 Å². The zero-order valence-corrected chi connectivity index (χ0v) is 7.64. The summed E-state index contributed by atoms with van der Waals surface area (Å²) in [5.41, 5.74) is 1.10. The molecule has 2 nitrogen and oxygen atoms in total. The van der Waals surface area contributed by atoms with Gasteiger partial charge in [0.25, 0.3) is 0 Å². The molecule has 0 saturated carbocycles. The maximum Gasteiger partial charge on any atom is 0.0760 e. The van der Waals surface area contributed by atoms with Crippen molar-refractivity contribution in [3.8, 4) is 6.07 Å². The lowest BCUT2D eigenvalue weighted by molar-refractivity contribution is 0.241. The summed E-state index contributed by atoms with van der Waals surface area (Å²) in [6, 6.07) is 11.9. The summed E-state index contributed by atoms with van der Waals surface area (Å²) in [5.74, 6) is -0.210. The normalized spacial score (nSPS) is 14.5. The van der Waals surface area contributed by atoms with Gasteiger partial charge >= 0.3 is 0 Å². The number of aliphatic hydroxyl groups is 1. The van der Waals surface area contributed by atoms with Gasteiger partial charge in [0.1, 0.15) is 0 Å². The number of benzene rings is 1. The van der Waals surface area contributed by atoms with E-state index in [0.29, 0.717) is 0 Å². The first-order valence-electron chi connectivity index (χ1n) is 4.35. The summed E-state index contributed by atoms with van der Waals surface area (Å²) in [4.78, 5) is 0. The molecule has 0 aromatic heterocycles. The van der Waals surface area contributed by atoms with E-state index in [1.54, 1.807) is 0 Å². The second-order valence-electron chi connectivity index (χ2n) is 3.12. The molecule has 0 heterocycles. The molecule has 0 aliphatic rings. The molecule has 2 heteroatoms. The van der Waals surface area contributed by atoms with E-state index in [1.807, 2.05) is 37.3 Å². The zero-order chi connectivity index (χ0) is 9.68. The molecule has 0 fully saturated rings. The Bertz CT molecular complexity index is 289. The Morgan fingerprint density at radius 2 is 2.00 bits per heavy atom. The van der Waals surface area contributed by atoms with Crippen LogP contribution in [0.4, 0.5) is 0 Å². The topological polar surface area (TPSA) is 44.0 Å². The molecule has 2 unspecified atom stereocenters. The van der Waals surface area contributed by atoms with Crippen LogP contribution in [0, 0.1) is 17.2 Å². The quantitative estimate of drug-likeness (QED) is 0.762. The van der Waals surface area contributed by atoms with Gasteiger partial charge in [0.2, 0.25) is 0 Å². The fourth-order valence-electron chi connectivity index (χ4n) is 1.30. The van der Waals surface area contributed by atoms with E-state index in [2.05, 4.69) is 6.07 Å². The SMILES string of the molecule is CC(c1ccccc1)C(C#N)CO. The van der Waals surface area contributed by atoms with E-state index < -0.39 is 0 Å². The summed E-state index contributed by atoms with van der Waals surface area (Å²) in [6.07, 6.45) is 0. The highest BCUT2D eigenvalue weighted by molar-refractivity contribution is 5.21. The van der Waals surface area contributed by atoms with Gasteiger partial charge < -0.3 is 5.11 Å². The van der Waals surface area contributed by atoms with Crippen molar-refractivity contribution < 1.29 is 5.11 Å². The second kappa shape index (κ2) is 4.64. The third-order valence-electron chi connectivity index (χ3n) is 2.29. The Morgan fingerprint density at radius 3 is 2.46 bits per heavy atom. The summed E-state index contributed by atoms with van der Waals surface area (Å²) in [5, 5.41) is 17.7. The Morgan fingerprint density at radius 1 is 1.38 bits per heavy atom. The number of hydrogen-bond acceptors (Lipinski definition) is 2. The van der Waals surface area contributed by atoms with Gasteiger partial charge in [0, 0.05) is 0 Å². The number of hydrogen-bond donors (Lipinski definition) is 1. The van der Waals surface area contributed by atoms with Crippen LogP contribution in [-0.4, -0.2) is 11.7 Å². The van der Waals surface area contributed by atoms with Crippen molar-refractivity contribution in [2.45, 2.75) is 12.8 Å². The van der Waals surface area contributed by atoms with Crippen LogP contribution in [0.2, 0.25) is 0 Å². The number of nitriles is 1. The van der Waals surface area contributed by atoms with E-state index in [1.165, 1.54) is 0 Å². The highest BCUT2D eigenvalue weighted by Gasteiger charge is 2.16. The van der Waals surface area contributed by atoms with Crippen molar-refractivity contribution in [1.82, 2.24) is 0 Å². The predicted octanol–water partition coefficient (Wildman–Crippen LogP) is 1.92. The van der Waals surface area contributed by atoms with Gasteiger partial charge in [-0.25, -0.2) is 0 Å². The molecule has 0 aliphatic heterocycles. The lowest BCUT2D eigenvalue weighted by atomic mass is 9.89. The first-order valence-corrected chi connectivity index (χ1v) is 4.35. The molecule has 0 amide bonds. The van der Waals surface area contributed by atoms with Crippen LogP contribution in [0.5, 0.6) is 0 Å². The van der Waals surface area contributed by atoms with Gasteiger partial charge in [-0.15, -0.1) is 0 Å². The largest absolute Gasteiger partial charge is 0.395 e. The van der Waals surface area contributed by atoms with Crippen molar-refractivity contribution in [2.24, 2.45) is 5.92 Å². The van der Waals surface area contributed by atoms with Gasteiger partial charge in [0.15, 0.2) is 0 Å². The van der Waals surface area contributed by atoms with Crippen LogP contribution in [-0.2, 0) is 0 Å². The fraction of sp³-hybridized carbons (Fsp3) is 0.364. The molecule has 0 spiro atoms. The highest BCUT2D eigenvalue weighted by atomic mass is 16.3. The van der Waals surface area contributed by atoms with Gasteiger partial charge in [-0.2, -0.15) is 5.26 Å². The van der Waals surface area contributed by atoms with Crippen molar-refractivity contribution in [3.63, 3.8) is 0 Å². The van der Waals surface area contributed by atoms with Gasteiger partial charge in [0.05, 0.1) is 18.6 Å². The Labute approximate surface area is 78.4 Å². The molecular formula is C11H13NO. The monoisotopic (exact) mass is 175 g/mol. The van der Waals surface area contributed by atoms with Crippen LogP contribution in [0.25, 0.3) is 0 Å². The van der Waals surface area contributed by atoms with E-state index in [-0.39, 0.29) is 18.4 Å².